The third kappa shape index (κ3) is 2.06. The van der Waals surface area contributed by atoms with Crippen LogP contribution in [0.1, 0.15) is 10.5 Å². The first-order chi connectivity index (χ1) is 9.69. The van der Waals surface area contributed by atoms with Crippen molar-refractivity contribution in [2.75, 3.05) is 13.2 Å². The number of ether oxygens (including phenoxy) is 1. The summed E-state index contributed by atoms with van der Waals surface area (Å²) < 4.78 is 5.36. The summed E-state index contributed by atoms with van der Waals surface area (Å²) in [6.45, 7) is 0.162. The molecule has 0 amide bonds. The maximum absolute atomic E-state index is 11.0. The van der Waals surface area contributed by atoms with Gasteiger partial charge in [-0.05, 0) is 24.3 Å². The van der Waals surface area contributed by atoms with Gasteiger partial charge in [-0.1, -0.05) is 0 Å². The number of H-pyrrole nitrogens is 1. The average molecular weight is 272 g/mol. The number of aliphatic hydroxyl groups is 1. The summed E-state index contributed by atoms with van der Waals surface area (Å²) in [7, 11) is 0. The van der Waals surface area contributed by atoms with Gasteiger partial charge in [-0.2, -0.15) is 0 Å². The van der Waals surface area contributed by atoms with E-state index < -0.39 is 5.97 Å². The van der Waals surface area contributed by atoms with Gasteiger partial charge in [0.2, 0.25) is 0 Å². The molecule has 6 nitrogen and oxygen atoms in total. The lowest BCUT2D eigenvalue weighted by Crippen LogP contribution is -2.01. The molecule has 0 atom stereocenters. The van der Waals surface area contributed by atoms with E-state index in [0.29, 0.717) is 5.75 Å². The smallest absolute Gasteiger partial charge is 0.354 e. The molecule has 0 fully saturated rings. The van der Waals surface area contributed by atoms with Gasteiger partial charge in [0.15, 0.2) is 0 Å². The molecule has 0 aliphatic rings. The Labute approximate surface area is 113 Å². The number of benzene rings is 1. The third-order valence-corrected chi connectivity index (χ3v) is 3.03. The van der Waals surface area contributed by atoms with Crippen LogP contribution in [0.3, 0.4) is 0 Å². The minimum Gasteiger partial charge on any atom is -0.491 e. The number of rotatable bonds is 4. The van der Waals surface area contributed by atoms with Crippen LogP contribution in [0, 0.1) is 0 Å². The number of carboxylic acid groups (broad SMARTS) is 1. The van der Waals surface area contributed by atoms with Crippen LogP contribution in [-0.2, 0) is 0 Å². The Bertz CT molecular complexity index is 794. The topological polar surface area (TPSA) is 95.4 Å². The van der Waals surface area contributed by atoms with Crippen LogP contribution in [0.2, 0.25) is 0 Å². The molecule has 20 heavy (non-hydrogen) atoms. The average Bonchev–Trinajstić information content (AvgIpc) is 2.82. The molecule has 0 saturated heterocycles. The van der Waals surface area contributed by atoms with Gasteiger partial charge in [-0.15, -0.1) is 0 Å². The maximum Gasteiger partial charge on any atom is 0.354 e. The fourth-order valence-electron chi connectivity index (χ4n) is 2.15. The molecule has 3 N–H and O–H groups in total. The predicted octanol–water partition coefficient (Wildman–Crippen LogP) is 1.79. The normalized spacial score (nSPS) is 11.1. The molecule has 2 aromatic heterocycles. The predicted molar refractivity (Wildman–Crippen MR) is 73.1 cm³/mol. The van der Waals surface area contributed by atoms with E-state index in [4.69, 9.17) is 14.9 Å². The number of hydrogen-bond donors (Lipinski definition) is 3. The Balaban J connectivity index is 2.17. The van der Waals surface area contributed by atoms with Gasteiger partial charge in [-0.3, -0.25) is 0 Å². The summed E-state index contributed by atoms with van der Waals surface area (Å²) >= 11 is 0. The minimum absolute atomic E-state index is 0.0000737. The summed E-state index contributed by atoms with van der Waals surface area (Å²) in [4.78, 5) is 18.0. The van der Waals surface area contributed by atoms with Crippen molar-refractivity contribution in [3.63, 3.8) is 0 Å². The summed E-state index contributed by atoms with van der Waals surface area (Å²) in [5.74, 6) is -0.435. The van der Waals surface area contributed by atoms with Crippen molar-refractivity contribution in [2.45, 2.75) is 0 Å². The second kappa shape index (κ2) is 4.82. The van der Waals surface area contributed by atoms with Crippen LogP contribution in [-0.4, -0.2) is 39.4 Å². The number of aromatic nitrogens is 2. The number of nitrogens with zero attached hydrogens (tertiary/aromatic N) is 1. The van der Waals surface area contributed by atoms with Crippen LogP contribution >= 0.6 is 0 Å². The summed E-state index contributed by atoms with van der Waals surface area (Å²) in [6, 6.07) is 6.99. The highest BCUT2D eigenvalue weighted by Gasteiger charge is 2.10. The molecular weight excluding hydrogens is 260 g/mol. The van der Waals surface area contributed by atoms with Crippen molar-refractivity contribution in [3.05, 3.63) is 36.2 Å². The highest BCUT2D eigenvalue weighted by Crippen LogP contribution is 2.28. The van der Waals surface area contributed by atoms with Crippen molar-refractivity contribution in [2.24, 2.45) is 0 Å². The zero-order valence-electron chi connectivity index (χ0n) is 10.5. The molecule has 3 rings (SSSR count). The Morgan fingerprint density at radius 1 is 1.25 bits per heavy atom. The Morgan fingerprint density at radius 2 is 2.05 bits per heavy atom. The van der Waals surface area contributed by atoms with E-state index in [1.165, 1.54) is 12.3 Å². The number of carboxylic acids is 1. The monoisotopic (exact) mass is 272 g/mol. The molecule has 0 spiro atoms. The SMILES string of the molecule is O=C(O)c1cc2c(cn1)[nH]c1ccc(OCCO)cc12. The van der Waals surface area contributed by atoms with Gasteiger partial charge < -0.3 is 19.9 Å². The number of fused-ring (bicyclic) bond motifs is 3. The molecule has 2 heterocycles. The van der Waals surface area contributed by atoms with E-state index in [9.17, 15) is 4.79 Å². The van der Waals surface area contributed by atoms with Gasteiger partial charge >= 0.3 is 5.97 Å². The molecular formula is C14H12N2O4. The Morgan fingerprint density at radius 3 is 2.80 bits per heavy atom. The van der Waals surface area contributed by atoms with E-state index in [0.717, 1.165) is 21.8 Å². The number of aromatic amines is 1. The van der Waals surface area contributed by atoms with Gasteiger partial charge in [-0.25, -0.2) is 9.78 Å². The first kappa shape index (κ1) is 12.4. The fraction of sp³-hybridized carbons (Fsp3) is 0.143. The highest BCUT2D eigenvalue weighted by molar-refractivity contribution is 6.08. The molecule has 0 radical (unpaired) electrons. The number of hydrogen-bond acceptors (Lipinski definition) is 4. The molecule has 0 unspecified atom stereocenters. The number of aliphatic hydroxyl groups excluding tert-OH is 1. The van der Waals surface area contributed by atoms with E-state index in [-0.39, 0.29) is 18.9 Å². The van der Waals surface area contributed by atoms with Gasteiger partial charge in [0.05, 0.1) is 18.3 Å². The van der Waals surface area contributed by atoms with E-state index in [1.54, 1.807) is 6.07 Å². The lowest BCUT2D eigenvalue weighted by atomic mass is 10.1. The Kier molecular flexibility index (Phi) is 3.00. The van der Waals surface area contributed by atoms with Gasteiger partial charge in [0, 0.05) is 16.3 Å². The van der Waals surface area contributed by atoms with Crippen LogP contribution in [0.4, 0.5) is 0 Å². The number of pyridine rings is 1. The Hall–Kier alpha value is -2.60. The fourth-order valence-corrected chi connectivity index (χ4v) is 2.15. The van der Waals surface area contributed by atoms with Crippen molar-refractivity contribution < 1.29 is 19.7 Å². The van der Waals surface area contributed by atoms with Crippen molar-refractivity contribution in [1.82, 2.24) is 9.97 Å². The largest absolute Gasteiger partial charge is 0.491 e. The van der Waals surface area contributed by atoms with E-state index in [2.05, 4.69) is 9.97 Å². The molecule has 102 valence electrons. The van der Waals surface area contributed by atoms with Gasteiger partial charge in [0.1, 0.15) is 18.1 Å². The first-order valence-corrected chi connectivity index (χ1v) is 6.07. The summed E-state index contributed by atoms with van der Waals surface area (Å²) in [5.41, 5.74) is 1.64. The van der Waals surface area contributed by atoms with Crippen molar-refractivity contribution >= 4 is 27.8 Å². The lowest BCUT2D eigenvalue weighted by Gasteiger charge is -2.03. The van der Waals surface area contributed by atoms with Crippen LogP contribution < -0.4 is 4.74 Å². The molecule has 0 saturated carbocycles. The second-order valence-electron chi connectivity index (χ2n) is 4.32. The molecule has 0 aliphatic heterocycles. The second-order valence-corrected chi connectivity index (χ2v) is 4.32. The van der Waals surface area contributed by atoms with Crippen molar-refractivity contribution in [3.8, 4) is 5.75 Å². The summed E-state index contributed by atoms with van der Waals surface area (Å²) in [5, 5.41) is 19.4. The number of aromatic carboxylic acids is 1. The van der Waals surface area contributed by atoms with E-state index in [1.807, 2.05) is 12.1 Å². The van der Waals surface area contributed by atoms with Crippen LogP contribution in [0.5, 0.6) is 5.75 Å². The highest BCUT2D eigenvalue weighted by atomic mass is 16.5. The standard InChI is InChI=1S/C14H12N2O4/c17-3-4-20-8-1-2-11-9(5-8)10-6-12(14(18)19)15-7-13(10)16-11/h1-2,5-7,16-17H,3-4H2,(H,18,19). The van der Waals surface area contributed by atoms with Crippen LogP contribution in [0.15, 0.2) is 30.5 Å². The quantitative estimate of drug-likeness (QED) is 0.673. The number of carbonyl (C=O) groups is 1. The molecule has 6 heteroatoms. The molecule has 1 aromatic carbocycles. The molecule has 0 aliphatic carbocycles. The summed E-state index contributed by atoms with van der Waals surface area (Å²) in [6.07, 6.45) is 1.51. The van der Waals surface area contributed by atoms with Crippen LogP contribution in [0.25, 0.3) is 21.8 Å². The third-order valence-electron chi connectivity index (χ3n) is 3.03. The molecule has 3 aromatic rings. The van der Waals surface area contributed by atoms with Gasteiger partial charge in [0.25, 0.3) is 0 Å². The minimum atomic E-state index is -1.06. The first-order valence-electron chi connectivity index (χ1n) is 6.07. The molecule has 0 bridgehead atoms. The van der Waals surface area contributed by atoms with Crippen molar-refractivity contribution in [1.29, 1.82) is 0 Å². The van der Waals surface area contributed by atoms with E-state index >= 15 is 0 Å². The zero-order valence-corrected chi connectivity index (χ0v) is 10.5. The lowest BCUT2D eigenvalue weighted by molar-refractivity contribution is 0.0690. The number of nitrogens with one attached hydrogen (secondary N) is 1. The zero-order chi connectivity index (χ0) is 14.1. The maximum atomic E-state index is 11.0.